The van der Waals surface area contributed by atoms with Crippen LogP contribution in [0.25, 0.3) is 0 Å². The van der Waals surface area contributed by atoms with Gasteiger partial charge in [-0.2, -0.15) is 0 Å². The standard InChI is InChI=1S/C17H22O10/c1-9(18)23-8-17(27-13(5)22)7-6-14(24-10(2)19)15(25-11(3)20)16(17)26-12(4)21/h6-7,14-16H,8H2,1-5H3. The van der Waals surface area contributed by atoms with Crippen molar-refractivity contribution in [3.63, 3.8) is 0 Å². The highest BCUT2D eigenvalue weighted by Crippen LogP contribution is 2.34. The Balaban J connectivity index is 3.47. The van der Waals surface area contributed by atoms with Crippen molar-refractivity contribution in [2.45, 2.75) is 58.5 Å². The zero-order valence-electron chi connectivity index (χ0n) is 15.7. The van der Waals surface area contributed by atoms with Crippen LogP contribution in [0.3, 0.4) is 0 Å². The number of esters is 5. The number of carbonyl (C=O) groups excluding carboxylic acids is 5. The molecule has 4 atom stereocenters. The van der Waals surface area contributed by atoms with Crippen LogP contribution in [0.15, 0.2) is 12.2 Å². The molecule has 0 saturated heterocycles. The van der Waals surface area contributed by atoms with E-state index in [1.807, 2.05) is 0 Å². The normalized spacial score (nSPS) is 26.5. The summed E-state index contributed by atoms with van der Waals surface area (Å²) in [6, 6.07) is 0. The lowest BCUT2D eigenvalue weighted by Crippen LogP contribution is -2.62. The summed E-state index contributed by atoms with van der Waals surface area (Å²) in [4.78, 5) is 57.5. The van der Waals surface area contributed by atoms with Crippen LogP contribution in [0.1, 0.15) is 34.6 Å². The summed E-state index contributed by atoms with van der Waals surface area (Å²) < 4.78 is 25.8. The van der Waals surface area contributed by atoms with Gasteiger partial charge in [-0.25, -0.2) is 0 Å². The Bertz CT molecular complexity index is 652. The Morgan fingerprint density at radius 2 is 1.33 bits per heavy atom. The van der Waals surface area contributed by atoms with E-state index in [0.717, 1.165) is 34.6 Å². The van der Waals surface area contributed by atoms with Crippen LogP contribution in [-0.2, 0) is 47.7 Å². The van der Waals surface area contributed by atoms with E-state index in [9.17, 15) is 24.0 Å². The molecule has 150 valence electrons. The highest BCUT2D eigenvalue weighted by Gasteiger charge is 2.55. The molecule has 0 spiro atoms. The van der Waals surface area contributed by atoms with Gasteiger partial charge in [-0.15, -0.1) is 0 Å². The summed E-state index contributed by atoms with van der Waals surface area (Å²) in [5.41, 5.74) is -1.78. The van der Waals surface area contributed by atoms with E-state index in [1.54, 1.807) is 0 Å². The third-order valence-corrected chi connectivity index (χ3v) is 3.40. The topological polar surface area (TPSA) is 132 Å². The second kappa shape index (κ2) is 9.15. The van der Waals surface area contributed by atoms with Gasteiger partial charge in [0.1, 0.15) is 6.61 Å². The molecule has 0 saturated carbocycles. The fraction of sp³-hybridized carbons (Fsp3) is 0.588. The fourth-order valence-corrected chi connectivity index (χ4v) is 2.61. The molecule has 27 heavy (non-hydrogen) atoms. The molecular formula is C17H22O10. The van der Waals surface area contributed by atoms with Crippen LogP contribution in [0.2, 0.25) is 0 Å². The Kier molecular flexibility index (Phi) is 7.50. The molecule has 1 rings (SSSR count). The zero-order valence-corrected chi connectivity index (χ0v) is 15.7. The second-order valence-electron chi connectivity index (χ2n) is 5.87. The lowest BCUT2D eigenvalue weighted by Gasteiger charge is -2.43. The Morgan fingerprint density at radius 1 is 0.778 bits per heavy atom. The molecule has 10 nitrogen and oxygen atoms in total. The summed E-state index contributed by atoms with van der Waals surface area (Å²) in [6.45, 7) is 5.07. The van der Waals surface area contributed by atoms with Crippen molar-refractivity contribution < 1.29 is 47.7 Å². The zero-order chi connectivity index (χ0) is 20.8. The molecule has 0 aliphatic heterocycles. The maximum absolute atomic E-state index is 11.7. The molecule has 0 N–H and O–H groups in total. The number of ether oxygens (including phenoxy) is 5. The van der Waals surface area contributed by atoms with Gasteiger partial charge in [0, 0.05) is 34.6 Å². The van der Waals surface area contributed by atoms with Gasteiger partial charge in [0.05, 0.1) is 0 Å². The van der Waals surface area contributed by atoms with Crippen LogP contribution < -0.4 is 0 Å². The molecule has 0 aromatic heterocycles. The van der Waals surface area contributed by atoms with E-state index in [-0.39, 0.29) is 0 Å². The van der Waals surface area contributed by atoms with Gasteiger partial charge in [-0.3, -0.25) is 24.0 Å². The first-order chi connectivity index (χ1) is 12.5. The second-order valence-corrected chi connectivity index (χ2v) is 5.87. The first-order valence-corrected chi connectivity index (χ1v) is 8.01. The van der Waals surface area contributed by atoms with E-state index in [2.05, 4.69) is 0 Å². The third-order valence-electron chi connectivity index (χ3n) is 3.40. The predicted molar refractivity (Wildman–Crippen MR) is 86.9 cm³/mol. The maximum Gasteiger partial charge on any atom is 0.303 e. The van der Waals surface area contributed by atoms with E-state index in [0.29, 0.717) is 0 Å². The molecule has 1 aliphatic rings. The van der Waals surface area contributed by atoms with Crippen LogP contribution >= 0.6 is 0 Å². The summed E-state index contributed by atoms with van der Waals surface area (Å²) in [7, 11) is 0. The van der Waals surface area contributed by atoms with Crippen LogP contribution in [0, 0.1) is 0 Å². The van der Waals surface area contributed by atoms with Crippen molar-refractivity contribution >= 4 is 29.8 Å². The minimum absolute atomic E-state index is 0.513. The van der Waals surface area contributed by atoms with Crippen LogP contribution in [0.5, 0.6) is 0 Å². The molecule has 0 bridgehead atoms. The predicted octanol–water partition coefficient (Wildman–Crippen LogP) is 0.216. The van der Waals surface area contributed by atoms with Crippen molar-refractivity contribution in [1.82, 2.24) is 0 Å². The highest BCUT2D eigenvalue weighted by molar-refractivity contribution is 5.70. The van der Waals surface area contributed by atoms with Gasteiger partial charge in [0.25, 0.3) is 0 Å². The molecule has 10 heteroatoms. The summed E-state index contributed by atoms with van der Waals surface area (Å²) in [6.07, 6.45) is -1.30. The van der Waals surface area contributed by atoms with E-state index in [4.69, 9.17) is 23.7 Å². The van der Waals surface area contributed by atoms with Crippen molar-refractivity contribution in [1.29, 1.82) is 0 Å². The monoisotopic (exact) mass is 386 g/mol. The first-order valence-electron chi connectivity index (χ1n) is 8.01. The van der Waals surface area contributed by atoms with Crippen molar-refractivity contribution in [2.24, 2.45) is 0 Å². The Hall–Kier alpha value is -2.91. The molecule has 0 aromatic rings. The first kappa shape index (κ1) is 22.1. The number of carbonyl (C=O) groups is 5. The molecule has 1 aliphatic carbocycles. The number of rotatable bonds is 6. The molecule has 4 unspecified atom stereocenters. The van der Waals surface area contributed by atoms with Crippen molar-refractivity contribution in [3.05, 3.63) is 12.2 Å². The Labute approximate surface area is 155 Å². The van der Waals surface area contributed by atoms with Crippen molar-refractivity contribution in [3.8, 4) is 0 Å². The van der Waals surface area contributed by atoms with Crippen molar-refractivity contribution in [2.75, 3.05) is 6.61 Å². The van der Waals surface area contributed by atoms with Gasteiger partial charge in [0.2, 0.25) is 5.60 Å². The molecule has 0 fully saturated rings. The highest BCUT2D eigenvalue weighted by atomic mass is 16.6. The minimum Gasteiger partial charge on any atom is -0.461 e. The summed E-state index contributed by atoms with van der Waals surface area (Å²) in [5, 5.41) is 0. The molecule has 0 amide bonds. The summed E-state index contributed by atoms with van der Waals surface area (Å²) >= 11 is 0. The quantitative estimate of drug-likeness (QED) is 0.355. The van der Waals surface area contributed by atoms with Gasteiger partial charge in [-0.1, -0.05) is 0 Å². The van der Waals surface area contributed by atoms with E-state index >= 15 is 0 Å². The van der Waals surface area contributed by atoms with Gasteiger partial charge < -0.3 is 23.7 Å². The van der Waals surface area contributed by atoms with E-state index < -0.39 is 60.4 Å². The molecule has 0 radical (unpaired) electrons. The van der Waals surface area contributed by atoms with Gasteiger partial charge in [-0.05, 0) is 12.2 Å². The molecule has 0 aromatic carbocycles. The van der Waals surface area contributed by atoms with Crippen LogP contribution in [0.4, 0.5) is 0 Å². The number of hydrogen-bond acceptors (Lipinski definition) is 10. The number of hydrogen-bond donors (Lipinski definition) is 0. The van der Waals surface area contributed by atoms with Crippen LogP contribution in [-0.4, -0.2) is 60.4 Å². The Morgan fingerprint density at radius 3 is 1.78 bits per heavy atom. The molecular weight excluding hydrogens is 364 g/mol. The third kappa shape index (κ3) is 6.39. The largest absolute Gasteiger partial charge is 0.461 e. The maximum atomic E-state index is 11.7. The summed E-state index contributed by atoms with van der Waals surface area (Å²) in [5.74, 6) is -3.66. The average Bonchev–Trinajstić information content (AvgIpc) is 2.49. The smallest absolute Gasteiger partial charge is 0.303 e. The lowest BCUT2D eigenvalue weighted by atomic mass is 9.84. The SMILES string of the molecule is CC(=O)OCC1(OC(C)=O)C=CC(OC(C)=O)C(OC(C)=O)C1OC(C)=O. The minimum atomic E-state index is -1.78. The fourth-order valence-electron chi connectivity index (χ4n) is 2.61. The lowest BCUT2D eigenvalue weighted by molar-refractivity contribution is -0.216. The average molecular weight is 386 g/mol. The van der Waals surface area contributed by atoms with Gasteiger partial charge in [0.15, 0.2) is 18.3 Å². The van der Waals surface area contributed by atoms with Gasteiger partial charge >= 0.3 is 29.8 Å². The van der Waals surface area contributed by atoms with E-state index in [1.165, 1.54) is 12.2 Å². The molecule has 0 heterocycles.